The maximum Gasteiger partial charge on any atom is 0.295 e. The van der Waals surface area contributed by atoms with Crippen molar-refractivity contribution in [1.29, 1.82) is 5.26 Å². The molecule has 0 radical (unpaired) electrons. The number of aromatic nitrogens is 2. The molecule has 0 spiro atoms. The maximum atomic E-state index is 12.9. The monoisotopic (exact) mass is 445 g/mol. The predicted molar refractivity (Wildman–Crippen MR) is 107 cm³/mol. The molecule has 4 rings (SSSR count). The molecule has 0 saturated carbocycles. The first-order chi connectivity index (χ1) is 14.8. The van der Waals surface area contributed by atoms with Crippen LogP contribution in [0.5, 0.6) is 0 Å². The Balaban J connectivity index is 1.49. The summed E-state index contributed by atoms with van der Waals surface area (Å²) in [4.78, 5) is 20.6. The number of aromatic amines is 1. The summed E-state index contributed by atoms with van der Waals surface area (Å²) in [5.41, 5.74) is 1.02. The molecule has 0 aliphatic carbocycles. The number of rotatable bonds is 4. The number of halogens is 2. The normalized spacial score (nSPS) is 15.4. The molecule has 1 aliphatic rings. The number of benzene rings is 2. The van der Waals surface area contributed by atoms with Crippen LogP contribution in [0.1, 0.15) is 28.2 Å². The second kappa shape index (κ2) is 8.05. The maximum absolute atomic E-state index is 12.9. The summed E-state index contributed by atoms with van der Waals surface area (Å²) in [5.74, 6) is -0.791. The smallest absolute Gasteiger partial charge is 0.295 e. The highest BCUT2D eigenvalue weighted by Crippen LogP contribution is 2.23. The highest BCUT2D eigenvalue weighted by molar-refractivity contribution is 7.89. The third kappa shape index (κ3) is 3.87. The minimum Gasteiger partial charge on any atom is -0.337 e. The fourth-order valence-corrected chi connectivity index (χ4v) is 5.07. The van der Waals surface area contributed by atoms with Gasteiger partial charge in [0.05, 0.1) is 21.5 Å². The Morgan fingerprint density at radius 2 is 1.84 bits per heavy atom. The SMILES string of the molecule is N#Cc1ccccc1S(=O)(=O)N1CCN(C(=O)c2ccc3nc(C(F)F)[nH]c3c2)CC1. The summed E-state index contributed by atoms with van der Waals surface area (Å²) < 4.78 is 52.7. The number of sulfonamides is 1. The van der Waals surface area contributed by atoms with Crippen molar-refractivity contribution in [3.05, 3.63) is 59.4 Å². The summed E-state index contributed by atoms with van der Waals surface area (Å²) >= 11 is 0. The average molecular weight is 445 g/mol. The van der Waals surface area contributed by atoms with Crippen LogP contribution in [0.2, 0.25) is 0 Å². The number of alkyl halides is 2. The first-order valence-electron chi connectivity index (χ1n) is 9.37. The van der Waals surface area contributed by atoms with Crippen LogP contribution in [0.4, 0.5) is 8.78 Å². The van der Waals surface area contributed by atoms with E-state index < -0.39 is 22.3 Å². The Morgan fingerprint density at radius 1 is 1.13 bits per heavy atom. The summed E-state index contributed by atoms with van der Waals surface area (Å²) in [7, 11) is -3.86. The van der Waals surface area contributed by atoms with Gasteiger partial charge >= 0.3 is 0 Å². The molecule has 1 saturated heterocycles. The minimum atomic E-state index is -3.86. The zero-order valence-corrected chi connectivity index (χ0v) is 16.9. The van der Waals surface area contributed by atoms with Crippen molar-refractivity contribution >= 4 is 27.0 Å². The molecule has 1 aliphatic heterocycles. The Bertz CT molecular complexity index is 1290. The number of imidazole rings is 1. The molecular weight excluding hydrogens is 428 g/mol. The molecule has 8 nitrogen and oxygen atoms in total. The molecule has 11 heteroatoms. The molecule has 2 heterocycles. The van der Waals surface area contributed by atoms with E-state index in [0.29, 0.717) is 16.6 Å². The Kier molecular flexibility index (Phi) is 5.43. The number of H-pyrrole nitrogens is 1. The lowest BCUT2D eigenvalue weighted by Crippen LogP contribution is -2.50. The van der Waals surface area contributed by atoms with Crippen LogP contribution in [-0.4, -0.2) is 59.7 Å². The third-order valence-corrected chi connectivity index (χ3v) is 7.06. The van der Waals surface area contributed by atoms with Crippen LogP contribution in [0.3, 0.4) is 0 Å². The van der Waals surface area contributed by atoms with Gasteiger partial charge in [0.15, 0.2) is 5.82 Å². The number of carbonyl (C=O) groups excluding carboxylic acids is 1. The van der Waals surface area contributed by atoms with E-state index in [1.54, 1.807) is 12.1 Å². The number of carbonyl (C=O) groups is 1. The molecule has 0 atom stereocenters. The minimum absolute atomic E-state index is 0.0585. The van der Waals surface area contributed by atoms with Gasteiger partial charge in [-0.15, -0.1) is 0 Å². The fourth-order valence-electron chi connectivity index (χ4n) is 3.50. The third-order valence-electron chi connectivity index (χ3n) is 5.11. The van der Waals surface area contributed by atoms with Gasteiger partial charge in [0.25, 0.3) is 12.3 Å². The number of hydrogen-bond donors (Lipinski definition) is 1. The van der Waals surface area contributed by atoms with Gasteiger partial charge in [0.1, 0.15) is 6.07 Å². The van der Waals surface area contributed by atoms with Crippen molar-refractivity contribution in [2.45, 2.75) is 11.3 Å². The van der Waals surface area contributed by atoms with Gasteiger partial charge in [-0.1, -0.05) is 12.1 Å². The van der Waals surface area contributed by atoms with Crippen molar-refractivity contribution in [3.63, 3.8) is 0 Å². The van der Waals surface area contributed by atoms with Crippen LogP contribution in [0.15, 0.2) is 47.4 Å². The van der Waals surface area contributed by atoms with Gasteiger partial charge in [0, 0.05) is 31.7 Å². The highest BCUT2D eigenvalue weighted by atomic mass is 32.2. The van der Waals surface area contributed by atoms with Crippen molar-refractivity contribution in [1.82, 2.24) is 19.2 Å². The van der Waals surface area contributed by atoms with Crippen molar-refractivity contribution in [3.8, 4) is 6.07 Å². The first kappa shape index (κ1) is 20.9. The first-order valence-corrected chi connectivity index (χ1v) is 10.8. The lowest BCUT2D eigenvalue weighted by atomic mass is 10.1. The Labute approximate surface area is 176 Å². The number of nitriles is 1. The molecule has 1 N–H and O–H groups in total. The number of hydrogen-bond acceptors (Lipinski definition) is 5. The summed E-state index contributed by atoms with van der Waals surface area (Å²) in [6, 6.07) is 12.3. The van der Waals surface area contributed by atoms with E-state index in [1.807, 2.05) is 6.07 Å². The number of amides is 1. The van der Waals surface area contributed by atoms with Gasteiger partial charge in [0.2, 0.25) is 10.0 Å². The van der Waals surface area contributed by atoms with E-state index in [0.717, 1.165) is 0 Å². The zero-order chi connectivity index (χ0) is 22.2. The van der Waals surface area contributed by atoms with Gasteiger partial charge in [-0.05, 0) is 30.3 Å². The van der Waals surface area contributed by atoms with Crippen molar-refractivity contribution < 1.29 is 22.0 Å². The van der Waals surface area contributed by atoms with Crippen LogP contribution >= 0.6 is 0 Å². The quantitative estimate of drug-likeness (QED) is 0.664. The van der Waals surface area contributed by atoms with Gasteiger partial charge in [-0.25, -0.2) is 22.2 Å². The van der Waals surface area contributed by atoms with E-state index in [9.17, 15) is 27.3 Å². The summed E-state index contributed by atoms with van der Waals surface area (Å²) in [6.45, 7) is 0.484. The van der Waals surface area contributed by atoms with Crippen molar-refractivity contribution in [2.75, 3.05) is 26.2 Å². The molecule has 0 bridgehead atoms. The molecule has 1 fully saturated rings. The van der Waals surface area contributed by atoms with E-state index in [-0.39, 0.29) is 42.5 Å². The lowest BCUT2D eigenvalue weighted by Gasteiger charge is -2.34. The van der Waals surface area contributed by atoms with E-state index in [4.69, 9.17) is 0 Å². The number of nitrogens with zero attached hydrogens (tertiary/aromatic N) is 4. The molecule has 1 amide bonds. The van der Waals surface area contributed by atoms with Gasteiger partial charge < -0.3 is 9.88 Å². The second-order valence-electron chi connectivity index (χ2n) is 6.96. The average Bonchev–Trinajstić information content (AvgIpc) is 3.22. The molecule has 0 unspecified atom stereocenters. The molecule has 2 aromatic carbocycles. The zero-order valence-electron chi connectivity index (χ0n) is 16.1. The molecule has 3 aromatic rings. The molecule has 31 heavy (non-hydrogen) atoms. The Hall–Kier alpha value is -3.36. The summed E-state index contributed by atoms with van der Waals surface area (Å²) in [6.07, 6.45) is -2.74. The van der Waals surface area contributed by atoms with E-state index >= 15 is 0 Å². The van der Waals surface area contributed by atoms with Crippen LogP contribution < -0.4 is 0 Å². The lowest BCUT2D eigenvalue weighted by molar-refractivity contribution is 0.0698. The molecule has 1 aromatic heterocycles. The second-order valence-corrected chi connectivity index (χ2v) is 8.87. The molecular formula is C20H17F2N5O3S. The fraction of sp³-hybridized carbons (Fsp3) is 0.250. The topological polar surface area (TPSA) is 110 Å². The van der Waals surface area contributed by atoms with Crippen LogP contribution in [0, 0.1) is 11.3 Å². The number of fused-ring (bicyclic) bond motifs is 1. The van der Waals surface area contributed by atoms with Crippen LogP contribution in [-0.2, 0) is 10.0 Å². The Morgan fingerprint density at radius 3 is 2.52 bits per heavy atom. The van der Waals surface area contributed by atoms with Gasteiger partial charge in [-0.2, -0.15) is 9.57 Å². The standard InChI is InChI=1S/C20H17F2N5O3S/c21-18(22)19-24-15-6-5-13(11-16(15)25-19)20(28)26-7-9-27(10-8-26)31(29,30)17-4-2-1-3-14(17)12-23/h1-6,11,18H,7-10H2,(H,24,25). The van der Waals surface area contributed by atoms with Crippen LogP contribution in [0.25, 0.3) is 11.0 Å². The van der Waals surface area contributed by atoms with Crippen molar-refractivity contribution in [2.24, 2.45) is 0 Å². The largest absolute Gasteiger partial charge is 0.337 e. The molecule has 160 valence electrons. The van der Waals surface area contributed by atoms with E-state index in [2.05, 4.69) is 9.97 Å². The van der Waals surface area contributed by atoms with Gasteiger partial charge in [-0.3, -0.25) is 4.79 Å². The summed E-state index contributed by atoms with van der Waals surface area (Å²) in [5, 5.41) is 9.19. The number of piperazine rings is 1. The predicted octanol–water partition coefficient (Wildman–Crippen LogP) is 2.52. The highest BCUT2D eigenvalue weighted by Gasteiger charge is 2.32. The van der Waals surface area contributed by atoms with E-state index in [1.165, 1.54) is 39.5 Å². The number of nitrogens with one attached hydrogen (secondary N) is 1.